The highest BCUT2D eigenvalue weighted by atomic mass is 16.3. The van der Waals surface area contributed by atoms with E-state index in [0.717, 1.165) is 5.56 Å². The highest BCUT2D eigenvalue weighted by Crippen LogP contribution is 2.33. The molecule has 1 aromatic carbocycles. The molecule has 0 radical (unpaired) electrons. The van der Waals surface area contributed by atoms with Crippen LogP contribution in [0.2, 0.25) is 0 Å². The smallest absolute Gasteiger partial charge is 0.309 e. The molecule has 1 saturated heterocycles. The molecule has 3 N–H and O–H groups in total. The van der Waals surface area contributed by atoms with Gasteiger partial charge < -0.3 is 20.6 Å². The first-order valence-electron chi connectivity index (χ1n) is 9.98. The van der Waals surface area contributed by atoms with Gasteiger partial charge in [0.05, 0.1) is 6.10 Å². The first-order chi connectivity index (χ1) is 13.3. The molecule has 1 aromatic rings. The zero-order chi connectivity index (χ0) is 20.3. The summed E-state index contributed by atoms with van der Waals surface area (Å²) < 4.78 is 0. The summed E-state index contributed by atoms with van der Waals surface area (Å²) in [5.41, 5.74) is 1.03. The van der Waals surface area contributed by atoms with Gasteiger partial charge in [0.15, 0.2) is 0 Å². The molecular weight excluding hydrogens is 358 g/mol. The Bertz CT molecular complexity index is 716. The van der Waals surface area contributed by atoms with Gasteiger partial charge in [0.1, 0.15) is 0 Å². The van der Waals surface area contributed by atoms with Crippen LogP contribution in [0.1, 0.15) is 44.6 Å². The number of piperidine rings is 1. The van der Waals surface area contributed by atoms with Crippen molar-refractivity contribution in [3.05, 3.63) is 35.9 Å². The van der Waals surface area contributed by atoms with E-state index in [2.05, 4.69) is 10.6 Å². The summed E-state index contributed by atoms with van der Waals surface area (Å²) in [6.45, 7) is 4.64. The summed E-state index contributed by atoms with van der Waals surface area (Å²) in [5, 5.41) is 15.0. The van der Waals surface area contributed by atoms with Crippen LogP contribution in [0.25, 0.3) is 0 Å². The number of aliphatic hydroxyl groups is 1. The highest BCUT2D eigenvalue weighted by molar-refractivity contribution is 6.35. The summed E-state index contributed by atoms with van der Waals surface area (Å²) in [6, 6.07) is 9.43. The Balaban J connectivity index is 1.70. The Kier molecular flexibility index (Phi) is 6.34. The van der Waals surface area contributed by atoms with Crippen molar-refractivity contribution < 1.29 is 19.5 Å². The number of nitrogens with zero attached hydrogens (tertiary/aromatic N) is 1. The van der Waals surface area contributed by atoms with Gasteiger partial charge in [-0.15, -0.1) is 0 Å². The molecule has 0 aromatic heterocycles. The van der Waals surface area contributed by atoms with Crippen molar-refractivity contribution >= 4 is 17.7 Å². The monoisotopic (exact) mass is 387 g/mol. The molecule has 3 rings (SSSR count). The highest BCUT2D eigenvalue weighted by Gasteiger charge is 2.40. The molecule has 1 heterocycles. The second-order valence-corrected chi connectivity index (χ2v) is 8.12. The van der Waals surface area contributed by atoms with E-state index in [1.165, 1.54) is 0 Å². The zero-order valence-electron chi connectivity index (χ0n) is 16.4. The number of carbonyl (C=O) groups excluding carboxylic acids is 3. The molecular formula is C21H29N3O4. The Morgan fingerprint density at radius 2 is 1.79 bits per heavy atom. The van der Waals surface area contributed by atoms with Crippen molar-refractivity contribution in [3.8, 4) is 0 Å². The molecule has 1 aliphatic heterocycles. The number of rotatable bonds is 4. The van der Waals surface area contributed by atoms with E-state index in [1.54, 1.807) is 13.8 Å². The van der Waals surface area contributed by atoms with Crippen molar-refractivity contribution in [2.24, 2.45) is 5.92 Å². The molecule has 0 spiro atoms. The summed E-state index contributed by atoms with van der Waals surface area (Å²) in [5.74, 6) is -1.38. The Hall–Kier alpha value is -2.41. The van der Waals surface area contributed by atoms with Crippen LogP contribution in [0.5, 0.6) is 0 Å². The van der Waals surface area contributed by atoms with E-state index < -0.39 is 11.8 Å². The number of aliphatic hydroxyl groups excluding tert-OH is 1. The van der Waals surface area contributed by atoms with E-state index in [9.17, 15) is 19.5 Å². The molecule has 3 amide bonds. The second kappa shape index (κ2) is 8.73. The van der Waals surface area contributed by atoms with Gasteiger partial charge in [-0.3, -0.25) is 14.4 Å². The SMILES string of the molecule is CC(C)NC(=O)C(=O)NC1CCN(C(=O)C2CC(O)C2)CC1c1ccccc1. The van der Waals surface area contributed by atoms with Crippen LogP contribution in [0.3, 0.4) is 0 Å². The van der Waals surface area contributed by atoms with Crippen molar-refractivity contribution in [2.75, 3.05) is 13.1 Å². The van der Waals surface area contributed by atoms with Crippen molar-refractivity contribution in [2.45, 2.75) is 57.2 Å². The first kappa shape index (κ1) is 20.3. The van der Waals surface area contributed by atoms with Gasteiger partial charge in [-0.05, 0) is 38.7 Å². The predicted octanol–water partition coefficient (Wildman–Crippen LogP) is 0.783. The normalized spacial score (nSPS) is 27.1. The second-order valence-electron chi connectivity index (χ2n) is 8.12. The maximum absolute atomic E-state index is 12.7. The van der Waals surface area contributed by atoms with Crippen molar-refractivity contribution in [1.29, 1.82) is 0 Å². The number of hydrogen-bond acceptors (Lipinski definition) is 4. The van der Waals surface area contributed by atoms with Crippen LogP contribution >= 0.6 is 0 Å². The number of likely N-dealkylation sites (tertiary alicyclic amines) is 1. The fraction of sp³-hybridized carbons (Fsp3) is 0.571. The minimum atomic E-state index is -0.637. The summed E-state index contributed by atoms with van der Waals surface area (Å²) in [4.78, 5) is 38.9. The lowest BCUT2D eigenvalue weighted by Gasteiger charge is -2.42. The van der Waals surface area contributed by atoms with Crippen LogP contribution in [0.15, 0.2) is 30.3 Å². The third-order valence-corrected chi connectivity index (χ3v) is 5.56. The van der Waals surface area contributed by atoms with Crippen LogP contribution in [0.4, 0.5) is 0 Å². The number of nitrogens with one attached hydrogen (secondary N) is 2. The van der Waals surface area contributed by atoms with E-state index in [4.69, 9.17) is 0 Å². The minimum Gasteiger partial charge on any atom is -0.393 e. The van der Waals surface area contributed by atoms with Gasteiger partial charge in [0.25, 0.3) is 0 Å². The lowest BCUT2D eigenvalue weighted by Crippen LogP contribution is -2.55. The summed E-state index contributed by atoms with van der Waals surface area (Å²) >= 11 is 0. The molecule has 1 saturated carbocycles. The fourth-order valence-electron chi connectivity index (χ4n) is 3.97. The maximum atomic E-state index is 12.7. The molecule has 2 unspecified atom stereocenters. The number of hydrogen-bond donors (Lipinski definition) is 3. The predicted molar refractivity (Wildman–Crippen MR) is 104 cm³/mol. The Morgan fingerprint density at radius 3 is 2.39 bits per heavy atom. The van der Waals surface area contributed by atoms with E-state index in [1.807, 2.05) is 35.2 Å². The van der Waals surface area contributed by atoms with Gasteiger partial charge in [-0.1, -0.05) is 30.3 Å². The average Bonchev–Trinajstić information content (AvgIpc) is 2.65. The van der Waals surface area contributed by atoms with Crippen LogP contribution in [0, 0.1) is 5.92 Å². The lowest BCUT2D eigenvalue weighted by atomic mass is 9.80. The molecule has 0 bridgehead atoms. The van der Waals surface area contributed by atoms with Gasteiger partial charge >= 0.3 is 11.8 Å². The van der Waals surface area contributed by atoms with E-state index in [-0.39, 0.29) is 35.9 Å². The number of benzene rings is 1. The Labute approximate surface area is 165 Å². The van der Waals surface area contributed by atoms with Gasteiger partial charge in [0, 0.05) is 37.0 Å². The van der Waals surface area contributed by atoms with Crippen molar-refractivity contribution in [1.82, 2.24) is 15.5 Å². The van der Waals surface area contributed by atoms with E-state index >= 15 is 0 Å². The van der Waals surface area contributed by atoms with Gasteiger partial charge in [-0.25, -0.2) is 0 Å². The standard InChI is InChI=1S/C21H29N3O4/c1-13(2)22-19(26)20(27)23-18-8-9-24(21(28)15-10-16(25)11-15)12-17(18)14-6-4-3-5-7-14/h3-7,13,15-18,25H,8-12H2,1-2H3,(H,22,26)(H,23,27). The summed E-state index contributed by atoms with van der Waals surface area (Å²) in [7, 11) is 0. The third kappa shape index (κ3) is 4.70. The van der Waals surface area contributed by atoms with E-state index in [0.29, 0.717) is 32.4 Å². The molecule has 28 heavy (non-hydrogen) atoms. The third-order valence-electron chi connectivity index (χ3n) is 5.56. The minimum absolute atomic E-state index is 0.0774. The topological polar surface area (TPSA) is 98.7 Å². The largest absolute Gasteiger partial charge is 0.393 e. The van der Waals surface area contributed by atoms with Gasteiger partial charge in [0.2, 0.25) is 5.91 Å². The maximum Gasteiger partial charge on any atom is 0.309 e. The summed E-state index contributed by atoms with van der Waals surface area (Å²) in [6.07, 6.45) is 1.28. The van der Waals surface area contributed by atoms with Gasteiger partial charge in [-0.2, -0.15) is 0 Å². The molecule has 152 valence electrons. The Morgan fingerprint density at radius 1 is 1.11 bits per heavy atom. The fourth-order valence-corrected chi connectivity index (χ4v) is 3.97. The van der Waals surface area contributed by atoms with Crippen LogP contribution < -0.4 is 10.6 Å². The van der Waals surface area contributed by atoms with Crippen LogP contribution in [-0.4, -0.2) is 59.0 Å². The molecule has 2 fully saturated rings. The van der Waals surface area contributed by atoms with Crippen LogP contribution in [-0.2, 0) is 14.4 Å². The number of amides is 3. The molecule has 2 atom stereocenters. The van der Waals surface area contributed by atoms with Crippen molar-refractivity contribution in [3.63, 3.8) is 0 Å². The molecule has 7 nitrogen and oxygen atoms in total. The molecule has 2 aliphatic rings. The first-order valence-corrected chi connectivity index (χ1v) is 9.98. The lowest BCUT2D eigenvalue weighted by molar-refractivity contribution is -0.144. The molecule has 7 heteroatoms. The average molecular weight is 387 g/mol. The molecule has 1 aliphatic carbocycles. The number of carbonyl (C=O) groups is 3. The quantitative estimate of drug-likeness (QED) is 0.665. The zero-order valence-corrected chi connectivity index (χ0v) is 16.4.